The number of hydrogen-bond acceptors (Lipinski definition) is 2. The highest BCUT2D eigenvalue weighted by molar-refractivity contribution is 7.26. The average Bonchev–Trinajstić information content (AvgIpc) is 3.68. The number of nitrogens with zero attached hydrogens (tertiary/aromatic N) is 4. The number of aliphatic imine (C=N–C) groups is 3. The van der Waals surface area contributed by atoms with Crippen LogP contribution in [0.15, 0.2) is 161 Å². The highest BCUT2D eigenvalue weighted by Crippen LogP contribution is 2.43. The van der Waals surface area contributed by atoms with E-state index in [1.807, 2.05) is 66.8 Å². The van der Waals surface area contributed by atoms with Crippen molar-refractivity contribution >= 4 is 77.9 Å². The summed E-state index contributed by atoms with van der Waals surface area (Å²) in [7, 11) is 0. The number of benzene rings is 6. The van der Waals surface area contributed by atoms with Crippen LogP contribution in [0.25, 0.3) is 59.2 Å². The number of amidine groups is 1. The molecule has 0 saturated carbocycles. The largest absolute Gasteiger partial charge is 0.276 e. The van der Waals surface area contributed by atoms with Gasteiger partial charge in [-0.2, -0.15) is 4.99 Å². The summed E-state index contributed by atoms with van der Waals surface area (Å²) in [5.74, 6) is 1.10. The zero-order valence-electron chi connectivity index (χ0n) is 26.5. The molecular formula is C43H32N4S. The van der Waals surface area contributed by atoms with Crippen LogP contribution in [0.5, 0.6) is 0 Å². The van der Waals surface area contributed by atoms with E-state index in [0.29, 0.717) is 18.3 Å². The molecule has 2 aromatic heterocycles. The van der Waals surface area contributed by atoms with Crippen LogP contribution in [0.1, 0.15) is 23.6 Å². The second-order valence-corrected chi connectivity index (χ2v) is 12.7. The van der Waals surface area contributed by atoms with Crippen LogP contribution in [-0.2, 0) is 6.54 Å². The Morgan fingerprint density at radius 1 is 0.708 bits per heavy atom. The van der Waals surface area contributed by atoms with E-state index < -0.39 is 0 Å². The van der Waals surface area contributed by atoms with E-state index >= 15 is 0 Å². The van der Waals surface area contributed by atoms with Crippen LogP contribution in [0.3, 0.4) is 0 Å². The summed E-state index contributed by atoms with van der Waals surface area (Å²) in [4.78, 5) is 14.8. The van der Waals surface area contributed by atoms with Gasteiger partial charge in [0, 0.05) is 31.8 Å². The molecule has 0 saturated heterocycles. The molecule has 0 aliphatic heterocycles. The van der Waals surface area contributed by atoms with Crippen molar-refractivity contribution in [3.8, 4) is 11.1 Å². The third kappa shape index (κ3) is 5.34. The van der Waals surface area contributed by atoms with Crippen molar-refractivity contribution in [3.63, 3.8) is 0 Å². The molecule has 0 spiro atoms. The third-order valence-corrected chi connectivity index (χ3v) is 9.88. The van der Waals surface area contributed by atoms with E-state index in [1.165, 1.54) is 31.3 Å². The molecule has 230 valence electrons. The zero-order chi connectivity index (χ0) is 32.5. The van der Waals surface area contributed by atoms with Gasteiger partial charge in [0.2, 0.25) is 5.96 Å². The second-order valence-electron chi connectivity index (χ2n) is 11.7. The van der Waals surface area contributed by atoms with Gasteiger partial charge in [-0.25, -0.2) is 4.99 Å². The minimum atomic E-state index is 0.486. The van der Waals surface area contributed by atoms with Gasteiger partial charge in [0.25, 0.3) is 0 Å². The van der Waals surface area contributed by atoms with E-state index in [2.05, 4.69) is 119 Å². The van der Waals surface area contributed by atoms with Crippen molar-refractivity contribution in [2.24, 2.45) is 15.0 Å². The van der Waals surface area contributed by atoms with Crippen LogP contribution in [-0.4, -0.2) is 23.1 Å². The lowest BCUT2D eigenvalue weighted by atomic mass is 10.0. The van der Waals surface area contributed by atoms with Crippen LogP contribution in [0.2, 0.25) is 0 Å². The van der Waals surface area contributed by atoms with Gasteiger partial charge >= 0.3 is 0 Å². The van der Waals surface area contributed by atoms with E-state index in [0.717, 1.165) is 38.5 Å². The van der Waals surface area contributed by atoms with Crippen molar-refractivity contribution in [3.05, 3.63) is 162 Å². The monoisotopic (exact) mass is 636 g/mol. The van der Waals surface area contributed by atoms with Crippen molar-refractivity contribution in [2.45, 2.75) is 13.5 Å². The summed E-state index contributed by atoms with van der Waals surface area (Å²) >= 11 is 1.81. The van der Waals surface area contributed by atoms with Gasteiger partial charge in [-0.05, 0) is 60.2 Å². The van der Waals surface area contributed by atoms with E-state index in [-0.39, 0.29) is 0 Å². The molecule has 0 bridgehead atoms. The summed E-state index contributed by atoms with van der Waals surface area (Å²) in [6, 6.07) is 48.8. The minimum absolute atomic E-state index is 0.486. The molecule has 0 aliphatic rings. The minimum Gasteiger partial charge on any atom is -0.276 e. The van der Waals surface area contributed by atoms with Crippen LogP contribution < -0.4 is 0 Å². The summed E-state index contributed by atoms with van der Waals surface area (Å²) in [6.07, 6.45) is 4.21. The van der Waals surface area contributed by atoms with Crippen LogP contribution in [0.4, 0.5) is 0 Å². The van der Waals surface area contributed by atoms with E-state index in [9.17, 15) is 0 Å². The Hall–Kier alpha value is -5.91. The fourth-order valence-electron chi connectivity index (χ4n) is 6.44. The highest BCUT2D eigenvalue weighted by Gasteiger charge is 2.20. The maximum absolute atomic E-state index is 5.19. The fraction of sp³-hybridized carbons (Fsp3) is 0.0465. The average molecular weight is 637 g/mol. The highest BCUT2D eigenvalue weighted by atomic mass is 32.1. The number of thiophene rings is 1. The molecule has 6 aromatic carbocycles. The van der Waals surface area contributed by atoms with Crippen molar-refractivity contribution in [2.75, 3.05) is 0 Å². The number of aromatic nitrogens is 1. The van der Waals surface area contributed by atoms with Gasteiger partial charge < -0.3 is 0 Å². The first-order chi connectivity index (χ1) is 23.7. The number of allylic oxidation sites excluding steroid dienone is 1. The molecule has 8 aromatic rings. The summed E-state index contributed by atoms with van der Waals surface area (Å²) in [5.41, 5.74) is 7.69. The molecule has 0 amide bonds. The summed E-state index contributed by atoms with van der Waals surface area (Å²) < 4.78 is 4.60. The molecule has 8 rings (SSSR count). The molecular weight excluding hydrogens is 605 g/mol. The van der Waals surface area contributed by atoms with Crippen molar-refractivity contribution in [1.82, 2.24) is 4.57 Å². The van der Waals surface area contributed by atoms with Crippen molar-refractivity contribution in [1.29, 1.82) is 0 Å². The lowest BCUT2D eigenvalue weighted by molar-refractivity contribution is 1.06. The normalized spacial score (nSPS) is 12.6. The second kappa shape index (κ2) is 12.7. The maximum Gasteiger partial charge on any atom is 0.236 e. The Bertz CT molecular complexity index is 2540. The van der Waals surface area contributed by atoms with E-state index in [4.69, 9.17) is 9.98 Å². The third-order valence-electron chi connectivity index (χ3n) is 8.69. The standard InChI is InChI=1S/C43H32N4S/c1-3-13-29-20-24-38-36(26-29)34-22-23-35-37-27-33(31-16-9-5-10-17-31)21-25-39(37)48-41(35)40(34)47(38)43(44-2)46-42(32-18-11-6-12-19-32)45-28-30-14-7-4-8-15-30/h3-27H,2,28H2,1H3/b13-3+,45-42?,46-43?. The number of hydrogen-bond donors (Lipinski definition) is 0. The maximum atomic E-state index is 5.19. The van der Waals surface area contributed by atoms with Crippen molar-refractivity contribution < 1.29 is 0 Å². The Morgan fingerprint density at radius 2 is 1.44 bits per heavy atom. The fourth-order valence-corrected chi connectivity index (χ4v) is 7.66. The van der Waals surface area contributed by atoms with Crippen LogP contribution in [0, 0.1) is 0 Å². The SMILES string of the molecule is C=NC(=NC(=NCc1ccccc1)c1ccccc1)n1c2ccc(/C=C/C)cc2c2ccc3c4cc(-c5ccccc5)ccc4sc3c21. The molecule has 2 heterocycles. The number of rotatable bonds is 5. The Balaban J connectivity index is 1.40. The Morgan fingerprint density at radius 3 is 2.19 bits per heavy atom. The summed E-state index contributed by atoms with van der Waals surface area (Å²) in [6.45, 7) is 6.60. The van der Waals surface area contributed by atoms with Gasteiger partial charge in [-0.15, -0.1) is 11.3 Å². The van der Waals surface area contributed by atoms with Crippen LogP contribution >= 0.6 is 11.3 Å². The smallest absolute Gasteiger partial charge is 0.236 e. The van der Waals surface area contributed by atoms with Gasteiger partial charge in [0.15, 0.2) is 5.84 Å². The molecule has 5 heteroatoms. The van der Waals surface area contributed by atoms with Gasteiger partial charge in [0.1, 0.15) is 0 Å². The molecule has 0 fully saturated rings. The predicted molar refractivity (Wildman–Crippen MR) is 208 cm³/mol. The lowest BCUT2D eigenvalue weighted by Crippen LogP contribution is -2.12. The summed E-state index contributed by atoms with van der Waals surface area (Å²) in [5, 5.41) is 4.74. The molecule has 48 heavy (non-hydrogen) atoms. The first kappa shape index (κ1) is 29.5. The van der Waals surface area contributed by atoms with Gasteiger partial charge in [0.05, 0.1) is 22.3 Å². The number of fused-ring (bicyclic) bond motifs is 7. The Labute approximate surface area is 283 Å². The van der Waals surface area contributed by atoms with Gasteiger partial charge in [-0.1, -0.05) is 127 Å². The molecule has 0 radical (unpaired) electrons. The quantitative estimate of drug-likeness (QED) is 0.133. The Kier molecular flexibility index (Phi) is 7.81. The predicted octanol–water partition coefficient (Wildman–Crippen LogP) is 11.4. The lowest BCUT2D eigenvalue weighted by Gasteiger charge is -2.09. The first-order valence-corrected chi connectivity index (χ1v) is 16.8. The van der Waals surface area contributed by atoms with Gasteiger partial charge in [-0.3, -0.25) is 9.56 Å². The topological polar surface area (TPSA) is 42.0 Å². The van der Waals surface area contributed by atoms with E-state index in [1.54, 1.807) is 0 Å². The molecule has 4 nitrogen and oxygen atoms in total. The zero-order valence-corrected chi connectivity index (χ0v) is 27.4. The molecule has 0 atom stereocenters. The molecule has 0 N–H and O–H groups in total. The first-order valence-electron chi connectivity index (χ1n) is 16.0. The molecule has 0 aliphatic carbocycles. The molecule has 0 unspecified atom stereocenters.